The second-order valence-electron chi connectivity index (χ2n) is 6.00. The Labute approximate surface area is 152 Å². The summed E-state index contributed by atoms with van der Waals surface area (Å²) in [6.07, 6.45) is -4.51. The summed E-state index contributed by atoms with van der Waals surface area (Å²) in [6.45, 7) is 1.47. The number of carbonyl (C=O) groups excluding carboxylic acids is 2. The smallest absolute Gasteiger partial charge is 0.324 e. The molecule has 26 heavy (non-hydrogen) atoms. The highest BCUT2D eigenvalue weighted by Gasteiger charge is 2.48. The van der Waals surface area contributed by atoms with Crippen LogP contribution in [0.25, 0.3) is 0 Å². The largest absolute Gasteiger partial charge is 0.416 e. The topological polar surface area (TPSA) is 49.4 Å². The third-order valence-electron chi connectivity index (χ3n) is 4.13. The number of nitrogens with zero attached hydrogens (tertiary/aromatic N) is 1. The predicted octanol–water partition coefficient (Wildman–Crippen LogP) is 4.17. The normalized spacial score (nSPS) is 19.9. The summed E-state index contributed by atoms with van der Waals surface area (Å²) in [4.78, 5) is 27.6. The van der Waals surface area contributed by atoms with Crippen molar-refractivity contribution in [3.63, 3.8) is 0 Å². The first-order valence-electron chi connectivity index (χ1n) is 7.68. The molecule has 1 unspecified atom stereocenters. The molecule has 3 rings (SSSR count). The number of benzene rings is 2. The third kappa shape index (κ3) is 3.16. The van der Waals surface area contributed by atoms with Gasteiger partial charge in [-0.25, -0.2) is 0 Å². The van der Waals surface area contributed by atoms with E-state index in [9.17, 15) is 22.8 Å². The van der Waals surface area contributed by atoms with Gasteiger partial charge < -0.3 is 10.2 Å². The van der Waals surface area contributed by atoms with E-state index in [0.717, 1.165) is 28.8 Å². The van der Waals surface area contributed by atoms with Crippen LogP contribution >= 0.6 is 11.8 Å². The van der Waals surface area contributed by atoms with Crippen LogP contribution in [0.4, 0.5) is 24.5 Å². The fourth-order valence-corrected chi connectivity index (χ4v) is 3.94. The van der Waals surface area contributed by atoms with Gasteiger partial charge in [0.1, 0.15) is 0 Å². The van der Waals surface area contributed by atoms with Gasteiger partial charge in [0.05, 0.1) is 11.3 Å². The average Bonchev–Trinajstić information content (AvgIpc) is 2.59. The van der Waals surface area contributed by atoms with Gasteiger partial charge in [-0.1, -0.05) is 30.0 Å². The second-order valence-corrected chi connectivity index (χ2v) is 7.46. The fraction of sp³-hybridized carbons (Fsp3) is 0.222. The monoisotopic (exact) mass is 380 g/mol. The third-order valence-corrected chi connectivity index (χ3v) is 5.47. The molecule has 1 N–H and O–H groups in total. The Bertz CT molecular complexity index is 885. The van der Waals surface area contributed by atoms with Crippen LogP contribution in [0.1, 0.15) is 12.5 Å². The van der Waals surface area contributed by atoms with Crippen LogP contribution in [0, 0.1) is 0 Å². The number of fused-ring (bicyclic) bond motifs is 1. The maximum Gasteiger partial charge on any atom is 0.416 e. The highest BCUT2D eigenvalue weighted by molar-refractivity contribution is 8.02. The molecule has 0 saturated heterocycles. The van der Waals surface area contributed by atoms with E-state index in [-0.39, 0.29) is 5.69 Å². The molecule has 136 valence electrons. The maximum atomic E-state index is 12.8. The van der Waals surface area contributed by atoms with Crippen LogP contribution in [0.15, 0.2) is 53.4 Å². The van der Waals surface area contributed by atoms with E-state index in [1.165, 1.54) is 24.0 Å². The lowest BCUT2D eigenvalue weighted by Gasteiger charge is -2.36. The number of amides is 2. The lowest BCUT2D eigenvalue weighted by atomic mass is 10.1. The summed E-state index contributed by atoms with van der Waals surface area (Å²) < 4.78 is 37.0. The van der Waals surface area contributed by atoms with Crippen LogP contribution in [0.5, 0.6) is 0 Å². The van der Waals surface area contributed by atoms with Crippen molar-refractivity contribution in [3.8, 4) is 0 Å². The van der Waals surface area contributed by atoms with Crippen molar-refractivity contribution in [3.05, 3.63) is 54.1 Å². The number of anilines is 2. The van der Waals surface area contributed by atoms with E-state index < -0.39 is 28.3 Å². The van der Waals surface area contributed by atoms with E-state index in [1.54, 1.807) is 31.3 Å². The van der Waals surface area contributed by atoms with Crippen LogP contribution < -0.4 is 10.2 Å². The predicted molar refractivity (Wildman–Crippen MR) is 94.2 cm³/mol. The van der Waals surface area contributed by atoms with E-state index in [1.807, 2.05) is 0 Å². The minimum absolute atomic E-state index is 0.0130. The van der Waals surface area contributed by atoms with Crippen molar-refractivity contribution in [2.75, 3.05) is 17.3 Å². The summed E-state index contributed by atoms with van der Waals surface area (Å²) in [5.41, 5.74) is -0.196. The molecule has 0 aliphatic carbocycles. The summed E-state index contributed by atoms with van der Waals surface area (Å²) >= 11 is 1.08. The standard InChI is InChI=1S/C18H15F3N2O2S/c1-17(16(25)23(2)13-8-3-4-9-14(13)26-17)15(24)22-12-7-5-6-11(10-12)18(19,20)21/h3-10H,1-2H3,(H,22,24). The molecule has 1 heterocycles. The van der Waals surface area contributed by atoms with Crippen LogP contribution in [0.2, 0.25) is 0 Å². The summed E-state index contributed by atoms with van der Waals surface area (Å²) in [5, 5.41) is 2.44. The van der Waals surface area contributed by atoms with Gasteiger partial charge in [-0.3, -0.25) is 9.59 Å². The highest BCUT2D eigenvalue weighted by atomic mass is 32.2. The van der Waals surface area contributed by atoms with Crippen molar-refractivity contribution in [2.45, 2.75) is 22.7 Å². The zero-order valence-electron chi connectivity index (χ0n) is 13.9. The Kier molecular flexibility index (Phi) is 4.47. The van der Waals surface area contributed by atoms with Crippen molar-refractivity contribution >= 4 is 35.0 Å². The van der Waals surface area contributed by atoms with Gasteiger partial charge in [0.25, 0.3) is 5.91 Å². The second kappa shape index (κ2) is 6.35. The van der Waals surface area contributed by atoms with Gasteiger partial charge in [0.2, 0.25) is 5.91 Å². The molecular weight excluding hydrogens is 365 g/mol. The number of carbonyl (C=O) groups is 2. The number of halogens is 3. The number of alkyl halides is 3. The molecule has 2 amide bonds. The zero-order chi connectivity index (χ0) is 19.1. The van der Waals surface area contributed by atoms with E-state index in [4.69, 9.17) is 0 Å². The summed E-state index contributed by atoms with van der Waals surface area (Å²) in [6, 6.07) is 11.5. The number of hydrogen-bond acceptors (Lipinski definition) is 3. The quantitative estimate of drug-likeness (QED) is 0.796. The van der Waals surface area contributed by atoms with Gasteiger partial charge in [-0.05, 0) is 37.3 Å². The van der Waals surface area contributed by atoms with Gasteiger partial charge in [-0.15, -0.1) is 0 Å². The SMILES string of the molecule is CN1C(=O)C(C)(C(=O)Nc2cccc(C(F)(F)F)c2)Sc2ccccc21. The first-order chi connectivity index (χ1) is 12.1. The van der Waals surface area contributed by atoms with Crippen molar-refractivity contribution in [1.82, 2.24) is 0 Å². The van der Waals surface area contributed by atoms with E-state index >= 15 is 0 Å². The highest BCUT2D eigenvalue weighted by Crippen LogP contribution is 2.45. The maximum absolute atomic E-state index is 12.8. The molecule has 2 aromatic carbocycles. The van der Waals surface area contributed by atoms with E-state index in [0.29, 0.717) is 5.69 Å². The minimum atomic E-state index is -4.51. The molecule has 1 atom stereocenters. The Morgan fingerprint density at radius 2 is 1.85 bits per heavy atom. The van der Waals surface area contributed by atoms with Crippen LogP contribution in [0.3, 0.4) is 0 Å². The molecule has 4 nitrogen and oxygen atoms in total. The Morgan fingerprint density at radius 3 is 2.54 bits per heavy atom. The zero-order valence-corrected chi connectivity index (χ0v) is 14.7. The molecular formula is C18H15F3N2O2S. The van der Waals surface area contributed by atoms with Crippen molar-refractivity contribution in [2.24, 2.45) is 0 Å². The number of rotatable bonds is 2. The van der Waals surface area contributed by atoms with Crippen molar-refractivity contribution < 1.29 is 22.8 Å². The number of para-hydroxylation sites is 1. The molecule has 0 aromatic heterocycles. The van der Waals surface area contributed by atoms with Gasteiger partial charge in [0.15, 0.2) is 4.75 Å². The fourth-order valence-electron chi connectivity index (χ4n) is 2.68. The molecule has 1 aliphatic rings. The Morgan fingerprint density at radius 1 is 1.15 bits per heavy atom. The molecule has 0 saturated carbocycles. The molecule has 1 aliphatic heterocycles. The van der Waals surface area contributed by atoms with Crippen molar-refractivity contribution in [1.29, 1.82) is 0 Å². The average molecular weight is 380 g/mol. The van der Waals surface area contributed by atoms with Gasteiger partial charge in [-0.2, -0.15) is 13.2 Å². The van der Waals surface area contributed by atoms with E-state index in [2.05, 4.69) is 5.32 Å². The number of hydrogen-bond donors (Lipinski definition) is 1. The number of thioether (sulfide) groups is 1. The number of nitrogens with one attached hydrogen (secondary N) is 1. The van der Waals surface area contributed by atoms with Crippen LogP contribution in [-0.4, -0.2) is 23.6 Å². The molecule has 2 aromatic rings. The van der Waals surface area contributed by atoms with Crippen LogP contribution in [-0.2, 0) is 15.8 Å². The first kappa shape index (κ1) is 18.3. The molecule has 0 spiro atoms. The Hall–Kier alpha value is -2.48. The summed E-state index contributed by atoms with van der Waals surface area (Å²) in [7, 11) is 1.57. The lowest BCUT2D eigenvalue weighted by Crippen LogP contribution is -2.53. The van der Waals surface area contributed by atoms with Gasteiger partial charge in [0, 0.05) is 17.6 Å². The molecule has 0 bridgehead atoms. The summed E-state index contributed by atoms with van der Waals surface area (Å²) in [5.74, 6) is -1.11. The lowest BCUT2D eigenvalue weighted by molar-refractivity contribution is -0.137. The minimum Gasteiger partial charge on any atom is -0.324 e. The molecule has 8 heteroatoms. The van der Waals surface area contributed by atoms with Gasteiger partial charge >= 0.3 is 6.18 Å². The Balaban J connectivity index is 1.89. The molecule has 0 radical (unpaired) electrons. The first-order valence-corrected chi connectivity index (χ1v) is 8.49. The molecule has 0 fully saturated rings.